The maximum absolute atomic E-state index is 5.94. The zero-order valence-corrected chi connectivity index (χ0v) is 11.8. The second kappa shape index (κ2) is 6.14. The summed E-state index contributed by atoms with van der Waals surface area (Å²) < 4.78 is 5.94. The molecule has 3 fully saturated rings. The van der Waals surface area contributed by atoms with Crippen LogP contribution < -0.4 is 16.4 Å². The van der Waals surface area contributed by atoms with E-state index >= 15 is 0 Å². The van der Waals surface area contributed by atoms with Crippen molar-refractivity contribution in [3.05, 3.63) is 11.4 Å². The summed E-state index contributed by atoms with van der Waals surface area (Å²) in [6.07, 6.45) is 9.02. The third-order valence-corrected chi connectivity index (χ3v) is 4.82. The third kappa shape index (κ3) is 3.23. The Morgan fingerprint density at radius 2 is 1.74 bits per heavy atom. The summed E-state index contributed by atoms with van der Waals surface area (Å²) in [5.41, 5.74) is 7.50. The molecule has 2 unspecified atom stereocenters. The molecule has 4 N–H and O–H groups in total. The SMILES string of the molecule is NC1CCC(C2CCC(=C3NCCCN3)CC2)OC1. The van der Waals surface area contributed by atoms with Gasteiger partial charge >= 0.3 is 0 Å². The molecule has 0 aromatic heterocycles. The third-order valence-electron chi connectivity index (χ3n) is 4.82. The van der Waals surface area contributed by atoms with E-state index in [-0.39, 0.29) is 6.04 Å². The van der Waals surface area contributed by atoms with Crippen LogP contribution in [0.4, 0.5) is 0 Å². The molecule has 1 saturated carbocycles. The number of nitrogens with one attached hydrogen (secondary N) is 2. The van der Waals surface area contributed by atoms with E-state index in [4.69, 9.17) is 10.5 Å². The highest BCUT2D eigenvalue weighted by Crippen LogP contribution is 2.35. The van der Waals surface area contributed by atoms with Gasteiger partial charge in [0, 0.05) is 19.1 Å². The minimum Gasteiger partial charge on any atom is -0.376 e. The van der Waals surface area contributed by atoms with Gasteiger partial charge in [-0.15, -0.1) is 0 Å². The molecule has 0 radical (unpaired) electrons. The average molecular weight is 265 g/mol. The second-order valence-corrected chi connectivity index (χ2v) is 6.23. The largest absolute Gasteiger partial charge is 0.376 e. The molecule has 2 saturated heterocycles. The van der Waals surface area contributed by atoms with Gasteiger partial charge in [-0.25, -0.2) is 0 Å². The number of ether oxygens (including phenoxy) is 1. The maximum atomic E-state index is 5.94. The molecule has 4 nitrogen and oxygen atoms in total. The van der Waals surface area contributed by atoms with E-state index in [1.807, 2.05) is 0 Å². The van der Waals surface area contributed by atoms with Crippen LogP contribution in [-0.4, -0.2) is 31.8 Å². The molecule has 0 aromatic rings. The first-order chi connectivity index (χ1) is 9.33. The van der Waals surface area contributed by atoms with Gasteiger partial charge in [0.05, 0.1) is 18.5 Å². The zero-order valence-electron chi connectivity index (χ0n) is 11.8. The van der Waals surface area contributed by atoms with E-state index in [0.29, 0.717) is 6.10 Å². The molecule has 2 aliphatic heterocycles. The summed E-state index contributed by atoms with van der Waals surface area (Å²) in [5, 5.41) is 7.02. The lowest BCUT2D eigenvalue weighted by Crippen LogP contribution is -2.40. The lowest BCUT2D eigenvalue weighted by Gasteiger charge is -2.36. The van der Waals surface area contributed by atoms with Crippen molar-refractivity contribution in [2.45, 2.75) is 57.1 Å². The lowest BCUT2D eigenvalue weighted by atomic mass is 9.80. The molecule has 3 aliphatic rings. The van der Waals surface area contributed by atoms with Crippen LogP contribution in [0.5, 0.6) is 0 Å². The van der Waals surface area contributed by atoms with Gasteiger partial charge in [0.2, 0.25) is 0 Å². The Morgan fingerprint density at radius 1 is 1.00 bits per heavy atom. The van der Waals surface area contributed by atoms with Gasteiger partial charge in [0.1, 0.15) is 0 Å². The summed E-state index contributed by atoms with van der Waals surface area (Å²) in [6, 6.07) is 0.271. The van der Waals surface area contributed by atoms with Crippen molar-refractivity contribution in [1.82, 2.24) is 10.6 Å². The highest BCUT2D eigenvalue weighted by atomic mass is 16.5. The Morgan fingerprint density at radius 3 is 2.37 bits per heavy atom. The Bertz CT molecular complexity index is 316. The Labute approximate surface area is 116 Å². The maximum Gasteiger partial charge on any atom is 0.0978 e. The van der Waals surface area contributed by atoms with E-state index in [1.54, 1.807) is 5.57 Å². The molecule has 0 spiro atoms. The molecule has 0 aromatic carbocycles. The van der Waals surface area contributed by atoms with E-state index in [1.165, 1.54) is 37.9 Å². The molecule has 4 heteroatoms. The predicted octanol–water partition coefficient (Wildman–Crippen LogP) is 1.48. The number of rotatable bonds is 1. The van der Waals surface area contributed by atoms with E-state index < -0.39 is 0 Å². The van der Waals surface area contributed by atoms with Crippen LogP contribution in [0.15, 0.2) is 11.4 Å². The molecule has 2 atom stereocenters. The van der Waals surface area contributed by atoms with Crippen LogP contribution in [0.25, 0.3) is 0 Å². The van der Waals surface area contributed by atoms with Gasteiger partial charge in [0.15, 0.2) is 0 Å². The minimum atomic E-state index is 0.271. The van der Waals surface area contributed by atoms with Crippen molar-refractivity contribution < 1.29 is 4.74 Å². The lowest BCUT2D eigenvalue weighted by molar-refractivity contribution is -0.0360. The van der Waals surface area contributed by atoms with Gasteiger partial charge in [-0.2, -0.15) is 0 Å². The minimum absolute atomic E-state index is 0.271. The van der Waals surface area contributed by atoms with E-state index in [9.17, 15) is 0 Å². The molecular formula is C15H27N3O. The average Bonchev–Trinajstić information content (AvgIpc) is 2.49. The van der Waals surface area contributed by atoms with E-state index in [2.05, 4.69) is 10.6 Å². The first-order valence-corrected chi connectivity index (χ1v) is 7.90. The fourth-order valence-electron chi connectivity index (χ4n) is 3.60. The number of hydrogen-bond acceptors (Lipinski definition) is 4. The van der Waals surface area contributed by atoms with Gasteiger partial charge < -0.3 is 21.1 Å². The molecular weight excluding hydrogens is 238 g/mol. The Kier molecular flexibility index (Phi) is 4.28. The van der Waals surface area contributed by atoms with Crippen LogP contribution in [-0.2, 0) is 4.74 Å². The van der Waals surface area contributed by atoms with Gasteiger partial charge in [0.25, 0.3) is 0 Å². The molecule has 0 bridgehead atoms. The summed E-state index contributed by atoms with van der Waals surface area (Å²) >= 11 is 0. The van der Waals surface area contributed by atoms with Crippen molar-refractivity contribution in [3.63, 3.8) is 0 Å². The summed E-state index contributed by atoms with van der Waals surface area (Å²) in [7, 11) is 0. The van der Waals surface area contributed by atoms with Crippen LogP contribution in [0.1, 0.15) is 44.9 Å². The van der Waals surface area contributed by atoms with Crippen molar-refractivity contribution in [2.24, 2.45) is 11.7 Å². The van der Waals surface area contributed by atoms with Crippen LogP contribution in [0, 0.1) is 5.92 Å². The van der Waals surface area contributed by atoms with Crippen LogP contribution in [0.2, 0.25) is 0 Å². The standard InChI is InChI=1S/C15H27N3O/c16-13-6-7-14(19-10-13)11-2-4-12(5-3-11)15-17-8-1-9-18-15/h11,13-14,17-18H,1-10,16H2. The highest BCUT2D eigenvalue weighted by Gasteiger charge is 2.30. The predicted molar refractivity (Wildman–Crippen MR) is 76.6 cm³/mol. The quantitative estimate of drug-likeness (QED) is 0.672. The topological polar surface area (TPSA) is 59.3 Å². The summed E-state index contributed by atoms with van der Waals surface area (Å²) in [4.78, 5) is 0. The monoisotopic (exact) mass is 265 g/mol. The second-order valence-electron chi connectivity index (χ2n) is 6.23. The van der Waals surface area contributed by atoms with Gasteiger partial charge in [-0.3, -0.25) is 0 Å². The Hall–Kier alpha value is -0.740. The smallest absolute Gasteiger partial charge is 0.0978 e. The van der Waals surface area contributed by atoms with E-state index in [0.717, 1.165) is 38.5 Å². The van der Waals surface area contributed by atoms with Crippen molar-refractivity contribution >= 4 is 0 Å². The summed E-state index contributed by atoms with van der Waals surface area (Å²) in [6.45, 7) is 3.01. The first-order valence-electron chi connectivity index (χ1n) is 7.90. The normalized spacial score (nSPS) is 36.6. The summed E-state index contributed by atoms with van der Waals surface area (Å²) in [5.74, 6) is 2.08. The number of hydrogen-bond donors (Lipinski definition) is 3. The van der Waals surface area contributed by atoms with Crippen LogP contribution in [0.3, 0.4) is 0 Å². The Balaban J connectivity index is 1.51. The molecule has 1 aliphatic carbocycles. The van der Waals surface area contributed by atoms with Crippen molar-refractivity contribution in [1.29, 1.82) is 0 Å². The van der Waals surface area contributed by atoms with Crippen molar-refractivity contribution in [2.75, 3.05) is 19.7 Å². The molecule has 2 heterocycles. The highest BCUT2D eigenvalue weighted by molar-refractivity contribution is 5.15. The van der Waals surface area contributed by atoms with Crippen molar-refractivity contribution in [3.8, 4) is 0 Å². The molecule has 19 heavy (non-hydrogen) atoms. The first kappa shape index (κ1) is 13.3. The molecule has 108 valence electrons. The fraction of sp³-hybridized carbons (Fsp3) is 0.867. The van der Waals surface area contributed by atoms with Gasteiger partial charge in [-0.1, -0.05) is 0 Å². The number of allylic oxidation sites excluding steroid dienone is 1. The number of nitrogens with two attached hydrogens (primary N) is 1. The van der Waals surface area contributed by atoms with Gasteiger partial charge in [-0.05, 0) is 56.4 Å². The zero-order chi connectivity index (χ0) is 13.1. The fourth-order valence-corrected chi connectivity index (χ4v) is 3.60. The van der Waals surface area contributed by atoms with Crippen LogP contribution >= 0.6 is 0 Å². The molecule has 0 amide bonds. The molecule has 3 rings (SSSR count).